The number of nitrogens with zero attached hydrogens (tertiary/aromatic N) is 1. The molecule has 0 spiro atoms. The Hall–Kier alpha value is -1.87. The van der Waals surface area contributed by atoms with Crippen molar-refractivity contribution < 1.29 is 4.74 Å². The third kappa shape index (κ3) is 2.29. The predicted molar refractivity (Wildman–Crippen MR) is 79.7 cm³/mol. The smallest absolute Gasteiger partial charge is 0.125 e. The summed E-state index contributed by atoms with van der Waals surface area (Å²) in [5.74, 6) is 0.979. The number of fused-ring (bicyclic) bond motifs is 1. The van der Waals surface area contributed by atoms with E-state index in [-0.39, 0.29) is 11.6 Å². The molecular formula is C17H20N2O. The topological polar surface area (TPSA) is 34.2 Å². The first-order valence-corrected chi connectivity index (χ1v) is 7.00. The maximum absolute atomic E-state index is 6.04. The lowest BCUT2D eigenvalue weighted by molar-refractivity contribution is 0.0956. The lowest BCUT2D eigenvalue weighted by Crippen LogP contribution is -2.39. The molecule has 20 heavy (non-hydrogen) atoms. The summed E-state index contributed by atoms with van der Waals surface area (Å²) in [4.78, 5) is 4.44. The van der Waals surface area contributed by atoms with E-state index in [1.54, 1.807) is 0 Å². The normalized spacial score (nSPS) is 19.4. The summed E-state index contributed by atoms with van der Waals surface area (Å²) in [7, 11) is 0. The monoisotopic (exact) mass is 268 g/mol. The summed E-state index contributed by atoms with van der Waals surface area (Å²) in [5.41, 5.74) is 3.29. The van der Waals surface area contributed by atoms with Crippen molar-refractivity contribution in [1.29, 1.82) is 0 Å². The van der Waals surface area contributed by atoms with Gasteiger partial charge in [0.15, 0.2) is 0 Å². The van der Waals surface area contributed by atoms with Crippen LogP contribution >= 0.6 is 0 Å². The fraction of sp³-hybridized carbons (Fsp3) is 0.353. The zero-order valence-electron chi connectivity index (χ0n) is 12.2. The Morgan fingerprint density at radius 2 is 2.00 bits per heavy atom. The van der Waals surface area contributed by atoms with E-state index in [0.29, 0.717) is 0 Å². The van der Waals surface area contributed by atoms with Gasteiger partial charge in [-0.2, -0.15) is 0 Å². The van der Waals surface area contributed by atoms with Crippen molar-refractivity contribution in [2.45, 2.75) is 39.0 Å². The highest BCUT2D eigenvalue weighted by atomic mass is 16.5. The van der Waals surface area contributed by atoms with E-state index in [4.69, 9.17) is 4.74 Å². The molecule has 2 aromatic rings. The summed E-state index contributed by atoms with van der Waals surface area (Å²) in [5, 5.41) is 3.60. The number of rotatable bonds is 3. The van der Waals surface area contributed by atoms with E-state index in [9.17, 15) is 0 Å². The van der Waals surface area contributed by atoms with Gasteiger partial charge in [-0.05, 0) is 38.5 Å². The molecule has 0 radical (unpaired) electrons. The predicted octanol–water partition coefficient (Wildman–Crippen LogP) is 3.39. The van der Waals surface area contributed by atoms with Crippen molar-refractivity contribution >= 4 is 0 Å². The van der Waals surface area contributed by atoms with Gasteiger partial charge in [-0.1, -0.05) is 24.3 Å². The molecule has 1 aliphatic rings. The van der Waals surface area contributed by atoms with E-state index in [1.807, 2.05) is 24.4 Å². The molecule has 0 saturated heterocycles. The van der Waals surface area contributed by atoms with E-state index in [0.717, 1.165) is 18.0 Å². The van der Waals surface area contributed by atoms with Crippen LogP contribution in [0.3, 0.4) is 0 Å². The first-order valence-electron chi connectivity index (χ1n) is 7.00. The number of benzene rings is 1. The van der Waals surface area contributed by atoms with Crippen LogP contribution in [0, 0.1) is 6.92 Å². The molecule has 104 valence electrons. The van der Waals surface area contributed by atoms with Crippen molar-refractivity contribution in [3.05, 3.63) is 59.4 Å². The largest absolute Gasteiger partial charge is 0.486 e. The molecule has 1 unspecified atom stereocenters. The molecule has 0 saturated carbocycles. The summed E-state index contributed by atoms with van der Waals surface area (Å²) in [6.07, 6.45) is 1.84. The average Bonchev–Trinajstić information content (AvgIpc) is 2.68. The van der Waals surface area contributed by atoms with Gasteiger partial charge in [-0.3, -0.25) is 4.98 Å². The summed E-state index contributed by atoms with van der Waals surface area (Å²) < 4.78 is 6.04. The van der Waals surface area contributed by atoms with Crippen molar-refractivity contribution in [2.75, 3.05) is 0 Å². The Balaban J connectivity index is 1.82. The second-order valence-electron chi connectivity index (χ2n) is 5.82. The lowest BCUT2D eigenvalue weighted by atomic mass is 9.94. The summed E-state index contributed by atoms with van der Waals surface area (Å²) >= 11 is 0. The van der Waals surface area contributed by atoms with Crippen molar-refractivity contribution in [3.8, 4) is 5.75 Å². The Morgan fingerprint density at radius 1 is 1.20 bits per heavy atom. The first kappa shape index (κ1) is 13.1. The maximum Gasteiger partial charge on any atom is 0.125 e. The van der Waals surface area contributed by atoms with Crippen molar-refractivity contribution in [1.82, 2.24) is 10.3 Å². The van der Waals surface area contributed by atoms with Gasteiger partial charge in [-0.15, -0.1) is 0 Å². The second-order valence-corrected chi connectivity index (χ2v) is 5.82. The molecule has 1 aliphatic heterocycles. The van der Waals surface area contributed by atoms with Crippen LogP contribution < -0.4 is 10.1 Å². The standard InChI is InChI=1S/C17H20N2O/c1-12-7-6-10-18-14(12)11-19-16-13-8-4-5-9-15(13)20-17(16,2)3/h4-10,16,19H,11H2,1-3H3. The van der Waals surface area contributed by atoms with E-state index in [2.05, 4.69) is 49.3 Å². The first-order chi connectivity index (χ1) is 9.58. The fourth-order valence-corrected chi connectivity index (χ4v) is 2.79. The Kier molecular flexibility index (Phi) is 3.22. The number of aromatic nitrogens is 1. The molecule has 2 heterocycles. The average molecular weight is 268 g/mol. The number of hydrogen-bond acceptors (Lipinski definition) is 3. The molecule has 0 fully saturated rings. The van der Waals surface area contributed by atoms with Gasteiger partial charge in [0.05, 0.1) is 11.7 Å². The molecule has 1 atom stereocenters. The van der Waals surface area contributed by atoms with Crippen LogP contribution in [0.1, 0.15) is 36.7 Å². The molecule has 3 nitrogen and oxygen atoms in total. The number of hydrogen-bond donors (Lipinski definition) is 1. The van der Waals surface area contributed by atoms with Gasteiger partial charge >= 0.3 is 0 Å². The fourth-order valence-electron chi connectivity index (χ4n) is 2.79. The van der Waals surface area contributed by atoms with E-state index in [1.165, 1.54) is 11.1 Å². The Morgan fingerprint density at radius 3 is 2.80 bits per heavy atom. The van der Waals surface area contributed by atoms with Gasteiger partial charge < -0.3 is 10.1 Å². The molecule has 3 rings (SSSR count). The van der Waals surface area contributed by atoms with Crippen LogP contribution in [0.2, 0.25) is 0 Å². The number of aryl methyl sites for hydroxylation is 1. The number of nitrogens with one attached hydrogen (secondary N) is 1. The summed E-state index contributed by atoms with van der Waals surface area (Å²) in [6, 6.07) is 12.5. The van der Waals surface area contributed by atoms with Gasteiger partial charge in [0, 0.05) is 18.3 Å². The zero-order chi connectivity index (χ0) is 14.2. The van der Waals surface area contributed by atoms with Crippen LogP contribution in [0.4, 0.5) is 0 Å². The number of para-hydroxylation sites is 1. The zero-order valence-corrected chi connectivity index (χ0v) is 12.2. The third-order valence-electron chi connectivity index (χ3n) is 3.89. The summed E-state index contributed by atoms with van der Waals surface area (Å²) in [6.45, 7) is 7.08. The molecular weight excluding hydrogens is 248 g/mol. The minimum Gasteiger partial charge on any atom is -0.486 e. The highest BCUT2D eigenvalue weighted by Crippen LogP contribution is 2.42. The second kappa shape index (κ2) is 4.91. The SMILES string of the molecule is Cc1cccnc1CNC1c2ccccc2OC1(C)C. The van der Waals surface area contributed by atoms with Crippen LogP contribution in [0.15, 0.2) is 42.6 Å². The third-order valence-corrected chi connectivity index (χ3v) is 3.89. The van der Waals surface area contributed by atoms with Crippen molar-refractivity contribution in [2.24, 2.45) is 0 Å². The Bertz CT molecular complexity index is 622. The van der Waals surface area contributed by atoms with Crippen LogP contribution in [0.25, 0.3) is 0 Å². The molecule has 0 amide bonds. The molecule has 0 aliphatic carbocycles. The highest BCUT2D eigenvalue weighted by molar-refractivity contribution is 5.42. The van der Waals surface area contributed by atoms with Gasteiger partial charge in [0.25, 0.3) is 0 Å². The minimum atomic E-state index is -0.244. The Labute approximate surface area is 120 Å². The highest BCUT2D eigenvalue weighted by Gasteiger charge is 2.40. The van der Waals surface area contributed by atoms with Crippen LogP contribution in [-0.2, 0) is 6.54 Å². The molecule has 1 aromatic carbocycles. The van der Waals surface area contributed by atoms with E-state index >= 15 is 0 Å². The van der Waals surface area contributed by atoms with E-state index < -0.39 is 0 Å². The van der Waals surface area contributed by atoms with Crippen molar-refractivity contribution in [3.63, 3.8) is 0 Å². The van der Waals surface area contributed by atoms with Crippen LogP contribution in [0.5, 0.6) is 5.75 Å². The molecule has 1 N–H and O–H groups in total. The minimum absolute atomic E-state index is 0.181. The number of ether oxygens (including phenoxy) is 1. The van der Waals surface area contributed by atoms with Crippen LogP contribution in [-0.4, -0.2) is 10.6 Å². The quantitative estimate of drug-likeness (QED) is 0.926. The number of pyridine rings is 1. The lowest BCUT2D eigenvalue weighted by Gasteiger charge is -2.27. The molecule has 1 aromatic heterocycles. The molecule has 3 heteroatoms. The molecule has 0 bridgehead atoms. The van der Waals surface area contributed by atoms with Gasteiger partial charge in [-0.25, -0.2) is 0 Å². The van der Waals surface area contributed by atoms with Gasteiger partial charge in [0.1, 0.15) is 11.4 Å². The van der Waals surface area contributed by atoms with Gasteiger partial charge in [0.2, 0.25) is 0 Å². The maximum atomic E-state index is 6.04.